The van der Waals surface area contributed by atoms with Crippen LogP contribution in [-0.4, -0.2) is 119 Å². The van der Waals surface area contributed by atoms with Gasteiger partial charge in [-0.3, -0.25) is 9.80 Å². The van der Waals surface area contributed by atoms with Crippen LogP contribution in [-0.2, 0) is 16.0 Å². The maximum Gasteiger partial charge on any atom is 0.339 e. The second-order valence-electron chi connectivity index (χ2n) is 10.0. The van der Waals surface area contributed by atoms with Crippen molar-refractivity contribution in [1.29, 1.82) is 0 Å². The fourth-order valence-electron chi connectivity index (χ4n) is 5.51. The second kappa shape index (κ2) is 12.0. The summed E-state index contributed by atoms with van der Waals surface area (Å²) in [4.78, 5) is 17.5. The number of nitrogens with zero attached hydrogens (tertiary/aromatic N) is 2. The number of ether oxygens (including phenoxy) is 4. The lowest BCUT2D eigenvalue weighted by atomic mass is 9.84. The predicted molar refractivity (Wildman–Crippen MR) is 141 cm³/mol. The molecule has 218 valence electrons. The Labute approximate surface area is 235 Å². The fourth-order valence-corrected chi connectivity index (χ4v) is 5.70. The number of aromatic hydroxyl groups is 2. The van der Waals surface area contributed by atoms with Crippen molar-refractivity contribution in [1.82, 2.24) is 9.80 Å². The molecule has 2 unspecified atom stereocenters. The van der Waals surface area contributed by atoms with Crippen LogP contribution in [0.3, 0.4) is 0 Å². The quantitative estimate of drug-likeness (QED) is 0.278. The van der Waals surface area contributed by atoms with Gasteiger partial charge >= 0.3 is 5.97 Å². The number of piperazine rings is 1. The lowest BCUT2D eigenvalue weighted by molar-refractivity contribution is -0.235. The topological polar surface area (TPSA) is 162 Å². The van der Waals surface area contributed by atoms with Gasteiger partial charge in [-0.2, -0.15) is 0 Å². The molecule has 0 aromatic heterocycles. The Morgan fingerprint density at radius 2 is 1.75 bits per heavy atom. The summed E-state index contributed by atoms with van der Waals surface area (Å²) in [7, 11) is 1.27. The average Bonchev–Trinajstić information content (AvgIpc) is 2.95. The number of hydrogen-bond donors (Lipinski definition) is 5. The monoisotopic (exact) mass is 580 g/mol. The summed E-state index contributed by atoms with van der Waals surface area (Å²) in [5.41, 5.74) is 0.0759. The zero-order valence-electron chi connectivity index (χ0n) is 21.9. The van der Waals surface area contributed by atoms with Crippen LogP contribution < -0.4 is 9.47 Å². The number of aliphatic hydroxyl groups excluding tert-OH is 3. The van der Waals surface area contributed by atoms with Gasteiger partial charge in [0, 0.05) is 50.4 Å². The van der Waals surface area contributed by atoms with E-state index in [0.717, 1.165) is 0 Å². The number of halogens is 1. The number of rotatable bonds is 8. The highest BCUT2D eigenvalue weighted by atomic mass is 35.5. The standard InChI is InChI=1S/C27H33ClN2O10/c1-37-25-20(32)14(12-30-8-6-29(7-9-30)10-11-38-16-5-3-2-4-15(16)28)18-19(22(25)34)24-26(40-27(18)36)23(35)21(33)17(13-31)39-24/h2-5,17,21,23-24,26,31-35H,6-13H2,1H3/t17-,21-,23+,24?,26?/m0/s1. The molecule has 3 heterocycles. The van der Waals surface area contributed by atoms with E-state index >= 15 is 0 Å². The van der Waals surface area contributed by atoms with Gasteiger partial charge in [0.15, 0.2) is 17.6 Å². The molecule has 0 aliphatic carbocycles. The van der Waals surface area contributed by atoms with E-state index in [2.05, 4.69) is 4.90 Å². The smallest absolute Gasteiger partial charge is 0.339 e. The molecule has 5 atom stereocenters. The molecule has 12 nitrogen and oxygen atoms in total. The molecule has 13 heteroatoms. The van der Waals surface area contributed by atoms with Gasteiger partial charge in [0.05, 0.1) is 24.3 Å². The summed E-state index contributed by atoms with van der Waals surface area (Å²) in [5, 5.41) is 53.1. The number of para-hydroxylation sites is 1. The summed E-state index contributed by atoms with van der Waals surface area (Å²) in [6, 6.07) is 7.29. The molecule has 3 aliphatic heterocycles. The van der Waals surface area contributed by atoms with Gasteiger partial charge in [0.1, 0.15) is 36.8 Å². The number of fused-ring (bicyclic) bond motifs is 3. The highest BCUT2D eigenvalue weighted by Gasteiger charge is 2.53. The molecule has 0 amide bonds. The van der Waals surface area contributed by atoms with Crippen molar-refractivity contribution in [3.8, 4) is 23.0 Å². The molecule has 2 aromatic rings. The van der Waals surface area contributed by atoms with Crippen molar-refractivity contribution in [2.45, 2.75) is 37.1 Å². The molecule has 0 spiro atoms. The Kier molecular flexibility index (Phi) is 8.57. The van der Waals surface area contributed by atoms with E-state index in [9.17, 15) is 30.3 Å². The van der Waals surface area contributed by atoms with Gasteiger partial charge in [0.2, 0.25) is 5.75 Å². The zero-order valence-corrected chi connectivity index (χ0v) is 22.7. The molecule has 40 heavy (non-hydrogen) atoms. The third-order valence-electron chi connectivity index (χ3n) is 7.69. The van der Waals surface area contributed by atoms with E-state index in [1.165, 1.54) is 7.11 Å². The zero-order chi connectivity index (χ0) is 28.6. The number of carbonyl (C=O) groups is 1. The first-order valence-corrected chi connectivity index (χ1v) is 13.4. The number of phenols is 2. The molecule has 2 fully saturated rings. The Bertz CT molecular complexity index is 1240. The van der Waals surface area contributed by atoms with E-state index in [1.54, 1.807) is 6.07 Å². The van der Waals surface area contributed by atoms with Gasteiger partial charge in [0.25, 0.3) is 0 Å². The minimum absolute atomic E-state index is 0.0225. The highest BCUT2D eigenvalue weighted by molar-refractivity contribution is 6.32. The maximum absolute atomic E-state index is 13.2. The van der Waals surface area contributed by atoms with E-state index in [-0.39, 0.29) is 29.0 Å². The van der Waals surface area contributed by atoms with Crippen LogP contribution in [0.2, 0.25) is 5.02 Å². The lowest BCUT2D eigenvalue weighted by Crippen LogP contribution is -2.58. The SMILES string of the molecule is COc1c(O)c(CN2CCN(CCOc3ccccc3Cl)CC2)c2c(c1O)C1O[C@@H](CO)[C@H](O)[C@@H](O)C1OC2=O. The molecule has 2 saturated heterocycles. The lowest BCUT2D eigenvalue weighted by Gasteiger charge is -2.45. The van der Waals surface area contributed by atoms with Gasteiger partial charge in [-0.25, -0.2) is 4.79 Å². The van der Waals surface area contributed by atoms with Gasteiger partial charge in [-0.15, -0.1) is 0 Å². The van der Waals surface area contributed by atoms with Crippen LogP contribution >= 0.6 is 11.6 Å². The van der Waals surface area contributed by atoms with E-state index in [1.807, 2.05) is 23.1 Å². The van der Waals surface area contributed by atoms with Crippen molar-refractivity contribution in [2.75, 3.05) is 53.0 Å². The Morgan fingerprint density at radius 3 is 2.42 bits per heavy atom. The minimum Gasteiger partial charge on any atom is -0.504 e. The largest absolute Gasteiger partial charge is 0.504 e. The Balaban J connectivity index is 1.33. The molecular weight excluding hydrogens is 548 g/mol. The first-order chi connectivity index (χ1) is 19.2. The number of methoxy groups -OCH3 is 1. The Morgan fingerprint density at radius 1 is 1.05 bits per heavy atom. The van der Waals surface area contributed by atoms with E-state index < -0.39 is 54.6 Å². The predicted octanol–water partition coefficient (Wildman–Crippen LogP) is 0.649. The second-order valence-corrected chi connectivity index (χ2v) is 10.4. The van der Waals surface area contributed by atoms with Crippen LogP contribution in [0.5, 0.6) is 23.0 Å². The van der Waals surface area contributed by atoms with Crippen LogP contribution in [0.4, 0.5) is 0 Å². The molecular formula is C27H33ClN2O10. The third-order valence-corrected chi connectivity index (χ3v) is 8.01. The molecule has 2 aromatic carbocycles. The van der Waals surface area contributed by atoms with Gasteiger partial charge in [-0.05, 0) is 12.1 Å². The molecule has 3 aliphatic rings. The van der Waals surface area contributed by atoms with Gasteiger partial charge in [-0.1, -0.05) is 23.7 Å². The summed E-state index contributed by atoms with van der Waals surface area (Å²) in [5.74, 6) is -1.43. The van der Waals surface area contributed by atoms with Crippen LogP contribution in [0.25, 0.3) is 0 Å². The maximum atomic E-state index is 13.2. The van der Waals surface area contributed by atoms with Crippen LogP contribution in [0, 0.1) is 0 Å². The van der Waals surface area contributed by atoms with Crippen molar-refractivity contribution in [3.63, 3.8) is 0 Å². The van der Waals surface area contributed by atoms with Gasteiger partial charge < -0.3 is 44.5 Å². The molecule has 0 bridgehead atoms. The molecule has 0 saturated carbocycles. The number of esters is 1. The van der Waals surface area contributed by atoms with Crippen LogP contribution in [0.1, 0.15) is 27.6 Å². The van der Waals surface area contributed by atoms with E-state index in [4.69, 9.17) is 30.5 Å². The van der Waals surface area contributed by atoms with E-state index in [0.29, 0.717) is 50.1 Å². The number of phenolic OH excluding ortho intramolecular Hbond substituents is 2. The summed E-state index contributed by atoms with van der Waals surface area (Å²) >= 11 is 6.15. The highest BCUT2D eigenvalue weighted by Crippen LogP contribution is 2.52. The van der Waals surface area contributed by atoms with Crippen molar-refractivity contribution in [2.24, 2.45) is 0 Å². The number of hydrogen-bond acceptors (Lipinski definition) is 12. The summed E-state index contributed by atoms with van der Waals surface area (Å²) < 4.78 is 22.3. The Hall–Kier alpha value is -2.84. The van der Waals surface area contributed by atoms with Crippen LogP contribution in [0.15, 0.2) is 24.3 Å². The summed E-state index contributed by atoms with van der Waals surface area (Å²) in [6.45, 7) is 3.38. The molecule has 5 N–H and O–H groups in total. The van der Waals surface area contributed by atoms with Crippen molar-refractivity contribution in [3.05, 3.63) is 46.0 Å². The number of carbonyl (C=O) groups excluding carboxylic acids is 1. The normalized spacial score (nSPS) is 27.0. The number of benzene rings is 2. The molecule has 5 rings (SSSR count). The first kappa shape index (κ1) is 28.7. The minimum atomic E-state index is -1.56. The molecule has 0 radical (unpaired) electrons. The average molecular weight is 581 g/mol. The van der Waals surface area contributed by atoms with Crippen molar-refractivity contribution < 1.29 is 49.3 Å². The summed E-state index contributed by atoms with van der Waals surface area (Å²) in [6.07, 6.45) is -6.79. The van der Waals surface area contributed by atoms with Crippen molar-refractivity contribution >= 4 is 17.6 Å². The number of aliphatic hydroxyl groups is 3. The fraction of sp³-hybridized carbons (Fsp3) is 0.519. The third kappa shape index (κ3) is 5.28. The first-order valence-electron chi connectivity index (χ1n) is 13.0.